The largest absolute Gasteiger partial charge is 0.508 e. The van der Waals surface area contributed by atoms with Gasteiger partial charge in [0.15, 0.2) is 0 Å². The second kappa shape index (κ2) is 8.61. The van der Waals surface area contributed by atoms with E-state index in [1.807, 2.05) is 6.92 Å². The minimum absolute atomic E-state index is 0.0582. The number of hydrazone groups is 1. The first kappa shape index (κ1) is 23.2. The molecule has 1 aliphatic rings. The fourth-order valence-corrected chi connectivity index (χ4v) is 4.64. The van der Waals surface area contributed by atoms with E-state index in [-0.39, 0.29) is 16.9 Å². The van der Waals surface area contributed by atoms with Crippen LogP contribution in [0.3, 0.4) is 0 Å². The standard InChI is InChI=1S/C25H17BrN4O6/c1-2-12-8-14(26)6-7-19(12)29-22(33)18(21(32)28-25(29)36)11-27-30-23(34)16-5-3-4-13-9-15(31)10-17(20(13)16)24(30)35/h3-11,31,33H,2H2,1H3,(H,28,32,36). The Labute approximate surface area is 210 Å². The van der Waals surface area contributed by atoms with E-state index in [4.69, 9.17) is 0 Å². The molecule has 10 nitrogen and oxygen atoms in total. The molecule has 0 atom stereocenters. The van der Waals surface area contributed by atoms with E-state index >= 15 is 0 Å². The van der Waals surface area contributed by atoms with Gasteiger partial charge in [-0.15, -0.1) is 0 Å². The smallest absolute Gasteiger partial charge is 0.335 e. The van der Waals surface area contributed by atoms with Gasteiger partial charge in [-0.05, 0) is 53.8 Å². The van der Waals surface area contributed by atoms with Crippen molar-refractivity contribution < 1.29 is 19.8 Å². The third-order valence-corrected chi connectivity index (χ3v) is 6.39. The Hall–Kier alpha value is -4.51. The topological polar surface area (TPSA) is 145 Å². The number of hydrogen-bond acceptors (Lipinski definition) is 7. The van der Waals surface area contributed by atoms with Gasteiger partial charge in [0, 0.05) is 9.86 Å². The van der Waals surface area contributed by atoms with Gasteiger partial charge in [0.2, 0.25) is 5.88 Å². The molecule has 2 amide bonds. The lowest BCUT2D eigenvalue weighted by Gasteiger charge is -2.23. The number of halogens is 1. The number of phenols is 1. The van der Waals surface area contributed by atoms with Crippen LogP contribution < -0.4 is 11.2 Å². The number of hydrogen-bond donors (Lipinski definition) is 3. The highest BCUT2D eigenvalue weighted by molar-refractivity contribution is 9.10. The molecule has 0 unspecified atom stereocenters. The predicted octanol–water partition coefficient (Wildman–Crippen LogP) is 3.05. The van der Waals surface area contributed by atoms with Crippen LogP contribution in [0.4, 0.5) is 0 Å². The average Bonchev–Trinajstić information content (AvgIpc) is 2.84. The van der Waals surface area contributed by atoms with Crippen LogP contribution in [-0.4, -0.2) is 42.8 Å². The number of aromatic hydroxyl groups is 2. The van der Waals surface area contributed by atoms with Gasteiger partial charge in [-0.2, -0.15) is 10.1 Å². The average molecular weight is 549 g/mol. The molecule has 0 saturated carbocycles. The Morgan fingerprint density at radius 2 is 1.75 bits per heavy atom. The molecule has 2 heterocycles. The second-order valence-corrected chi connectivity index (χ2v) is 8.94. The highest BCUT2D eigenvalue weighted by Crippen LogP contribution is 2.33. The summed E-state index contributed by atoms with van der Waals surface area (Å²) >= 11 is 3.37. The number of amides is 2. The number of carbonyl (C=O) groups excluding carboxylic acids is 2. The van der Waals surface area contributed by atoms with E-state index in [0.29, 0.717) is 33.5 Å². The first-order valence-corrected chi connectivity index (χ1v) is 11.6. The lowest BCUT2D eigenvalue weighted by atomic mass is 9.94. The number of nitrogens with zero attached hydrogens (tertiary/aromatic N) is 3. The highest BCUT2D eigenvalue weighted by atomic mass is 79.9. The summed E-state index contributed by atoms with van der Waals surface area (Å²) < 4.78 is 1.69. The van der Waals surface area contributed by atoms with Gasteiger partial charge in [0.05, 0.1) is 23.0 Å². The van der Waals surface area contributed by atoms with E-state index in [0.717, 1.165) is 15.3 Å². The zero-order chi connectivity index (χ0) is 25.7. The van der Waals surface area contributed by atoms with Crippen molar-refractivity contribution in [2.75, 3.05) is 0 Å². The lowest BCUT2D eigenvalue weighted by Crippen LogP contribution is -2.37. The fraction of sp³-hybridized carbons (Fsp3) is 0.0800. The van der Waals surface area contributed by atoms with Gasteiger partial charge in [-0.3, -0.25) is 19.4 Å². The van der Waals surface area contributed by atoms with Gasteiger partial charge in [0.25, 0.3) is 17.4 Å². The Morgan fingerprint density at radius 3 is 2.50 bits per heavy atom. The van der Waals surface area contributed by atoms with Crippen LogP contribution in [-0.2, 0) is 6.42 Å². The molecule has 36 heavy (non-hydrogen) atoms. The van der Waals surface area contributed by atoms with Crippen LogP contribution in [0.2, 0.25) is 0 Å². The number of carbonyl (C=O) groups is 2. The molecule has 1 aliphatic heterocycles. The van der Waals surface area contributed by atoms with Crippen molar-refractivity contribution in [1.82, 2.24) is 14.6 Å². The number of nitrogens with one attached hydrogen (secondary N) is 1. The Morgan fingerprint density at radius 1 is 1.00 bits per heavy atom. The molecule has 0 fully saturated rings. The summed E-state index contributed by atoms with van der Waals surface area (Å²) in [6.45, 7) is 1.87. The lowest BCUT2D eigenvalue weighted by molar-refractivity contribution is 0.0616. The van der Waals surface area contributed by atoms with Crippen molar-refractivity contribution in [3.05, 3.63) is 96.1 Å². The number of aryl methyl sites for hydroxylation is 1. The van der Waals surface area contributed by atoms with Crippen LogP contribution in [0.15, 0.2) is 67.7 Å². The van der Waals surface area contributed by atoms with Crippen molar-refractivity contribution in [3.63, 3.8) is 0 Å². The Kier molecular flexibility index (Phi) is 5.56. The van der Waals surface area contributed by atoms with Crippen LogP contribution in [0.25, 0.3) is 16.5 Å². The summed E-state index contributed by atoms with van der Waals surface area (Å²) in [5.74, 6) is -2.43. The van der Waals surface area contributed by atoms with Crippen molar-refractivity contribution >= 4 is 44.7 Å². The molecule has 0 aliphatic carbocycles. The summed E-state index contributed by atoms with van der Waals surface area (Å²) in [5.41, 5.74) is -0.955. The third kappa shape index (κ3) is 3.60. The summed E-state index contributed by atoms with van der Waals surface area (Å²) in [7, 11) is 0. The minimum atomic E-state index is -0.954. The minimum Gasteiger partial charge on any atom is -0.508 e. The van der Waals surface area contributed by atoms with E-state index in [1.165, 1.54) is 18.2 Å². The Balaban J connectivity index is 1.63. The maximum absolute atomic E-state index is 13.1. The number of phenolic OH excluding ortho intramolecular Hbond substituents is 1. The molecule has 3 aromatic carbocycles. The number of H-pyrrole nitrogens is 1. The number of aromatic amines is 1. The van der Waals surface area contributed by atoms with Crippen LogP contribution in [0.1, 0.15) is 38.8 Å². The molecular formula is C25H17BrN4O6. The SMILES string of the molecule is CCc1cc(Br)ccc1-n1c(O)c(C=NN2C(=O)c3cccc4cc(O)cc(c34)C2=O)c(=O)[nH]c1=O. The monoisotopic (exact) mass is 548 g/mol. The van der Waals surface area contributed by atoms with E-state index < -0.39 is 34.5 Å². The molecule has 0 spiro atoms. The van der Waals surface area contributed by atoms with Crippen molar-refractivity contribution in [2.45, 2.75) is 13.3 Å². The van der Waals surface area contributed by atoms with Gasteiger partial charge in [-0.1, -0.05) is 35.0 Å². The molecule has 180 valence electrons. The maximum Gasteiger partial charge on any atom is 0.335 e. The number of imide groups is 1. The zero-order valence-corrected chi connectivity index (χ0v) is 20.2. The predicted molar refractivity (Wildman–Crippen MR) is 135 cm³/mol. The molecule has 0 saturated heterocycles. The number of benzene rings is 3. The molecule has 5 rings (SSSR count). The quantitative estimate of drug-likeness (QED) is 0.264. The summed E-state index contributed by atoms with van der Waals surface area (Å²) in [6.07, 6.45) is 1.37. The summed E-state index contributed by atoms with van der Waals surface area (Å²) in [5, 5.41) is 26.2. The van der Waals surface area contributed by atoms with Crippen LogP contribution >= 0.6 is 15.9 Å². The van der Waals surface area contributed by atoms with E-state index in [9.17, 15) is 29.4 Å². The molecular weight excluding hydrogens is 532 g/mol. The third-order valence-electron chi connectivity index (χ3n) is 5.89. The van der Waals surface area contributed by atoms with Crippen molar-refractivity contribution in [1.29, 1.82) is 0 Å². The van der Waals surface area contributed by atoms with Crippen LogP contribution in [0.5, 0.6) is 11.6 Å². The molecule has 4 aromatic rings. The van der Waals surface area contributed by atoms with E-state index in [1.54, 1.807) is 30.3 Å². The number of aromatic nitrogens is 2. The van der Waals surface area contributed by atoms with E-state index in [2.05, 4.69) is 26.0 Å². The van der Waals surface area contributed by atoms with Gasteiger partial charge >= 0.3 is 5.69 Å². The Bertz CT molecular complexity index is 1750. The molecule has 0 bridgehead atoms. The first-order valence-electron chi connectivity index (χ1n) is 10.8. The van der Waals surface area contributed by atoms with Crippen LogP contribution in [0, 0.1) is 0 Å². The van der Waals surface area contributed by atoms with Gasteiger partial charge in [0.1, 0.15) is 11.3 Å². The van der Waals surface area contributed by atoms with Gasteiger partial charge < -0.3 is 10.2 Å². The second-order valence-electron chi connectivity index (χ2n) is 8.02. The molecule has 0 radical (unpaired) electrons. The fourth-order valence-electron chi connectivity index (χ4n) is 4.23. The van der Waals surface area contributed by atoms with Crippen molar-refractivity contribution in [2.24, 2.45) is 5.10 Å². The van der Waals surface area contributed by atoms with Gasteiger partial charge in [-0.25, -0.2) is 9.36 Å². The molecule has 1 aromatic heterocycles. The summed E-state index contributed by atoms with van der Waals surface area (Å²) in [6, 6.07) is 12.5. The number of rotatable bonds is 4. The molecule has 11 heteroatoms. The maximum atomic E-state index is 13.1. The zero-order valence-electron chi connectivity index (χ0n) is 18.7. The first-order chi connectivity index (χ1) is 17.2. The molecule has 3 N–H and O–H groups in total. The highest BCUT2D eigenvalue weighted by Gasteiger charge is 2.33. The van der Waals surface area contributed by atoms with Crippen molar-refractivity contribution in [3.8, 4) is 17.3 Å². The normalized spacial score (nSPS) is 13.2. The summed E-state index contributed by atoms with van der Waals surface area (Å²) in [4.78, 5) is 53.4.